The van der Waals surface area contributed by atoms with E-state index >= 15 is 0 Å². The third kappa shape index (κ3) is 5.42. The van der Waals surface area contributed by atoms with E-state index in [0.29, 0.717) is 31.0 Å². The van der Waals surface area contributed by atoms with Crippen molar-refractivity contribution in [1.82, 2.24) is 15.2 Å². The third-order valence-electron chi connectivity index (χ3n) is 5.58. The second-order valence-electron chi connectivity index (χ2n) is 7.80. The highest BCUT2D eigenvalue weighted by molar-refractivity contribution is 5.80. The SMILES string of the molecule is Cc1ccc2cc(CCC(=O)NCCCN3CCCCC3C)c(=O)[nH]c2c1. The molecule has 1 aliphatic rings. The summed E-state index contributed by atoms with van der Waals surface area (Å²) >= 11 is 0. The Morgan fingerprint density at radius 3 is 2.96 bits per heavy atom. The predicted octanol–water partition coefficient (Wildman–Crippen LogP) is 3.15. The molecule has 146 valence electrons. The number of fused-ring (bicyclic) bond motifs is 1. The highest BCUT2D eigenvalue weighted by atomic mass is 16.1. The quantitative estimate of drug-likeness (QED) is 0.737. The predicted molar refractivity (Wildman–Crippen MR) is 110 cm³/mol. The van der Waals surface area contributed by atoms with E-state index in [1.54, 1.807) is 0 Å². The van der Waals surface area contributed by atoms with E-state index in [4.69, 9.17) is 0 Å². The molecule has 2 N–H and O–H groups in total. The fourth-order valence-electron chi connectivity index (χ4n) is 3.88. The number of hydrogen-bond acceptors (Lipinski definition) is 3. The fraction of sp³-hybridized carbons (Fsp3) is 0.545. The number of carbonyl (C=O) groups excluding carboxylic acids is 1. The van der Waals surface area contributed by atoms with Gasteiger partial charge in [0.25, 0.3) is 5.56 Å². The molecule has 27 heavy (non-hydrogen) atoms. The number of piperidine rings is 1. The van der Waals surface area contributed by atoms with Gasteiger partial charge in [0, 0.05) is 36.6 Å². The summed E-state index contributed by atoms with van der Waals surface area (Å²) in [5.74, 6) is 0.0186. The number of aromatic amines is 1. The highest BCUT2D eigenvalue weighted by Crippen LogP contribution is 2.16. The van der Waals surface area contributed by atoms with Crippen LogP contribution in [0.2, 0.25) is 0 Å². The molecule has 5 heteroatoms. The van der Waals surface area contributed by atoms with Crippen LogP contribution in [0, 0.1) is 6.92 Å². The first kappa shape index (κ1) is 19.6. The zero-order valence-electron chi connectivity index (χ0n) is 16.5. The number of amides is 1. The van der Waals surface area contributed by atoms with Crippen LogP contribution in [0.15, 0.2) is 29.1 Å². The van der Waals surface area contributed by atoms with Gasteiger partial charge in [-0.1, -0.05) is 18.6 Å². The Balaban J connectivity index is 1.43. The number of H-pyrrole nitrogens is 1. The Labute approximate surface area is 161 Å². The first-order chi connectivity index (χ1) is 13.0. The minimum Gasteiger partial charge on any atom is -0.356 e. The van der Waals surface area contributed by atoms with Crippen LogP contribution in [-0.2, 0) is 11.2 Å². The number of hydrogen-bond donors (Lipinski definition) is 2. The Bertz CT molecular complexity index is 843. The summed E-state index contributed by atoms with van der Waals surface area (Å²) in [6.45, 7) is 7.22. The zero-order chi connectivity index (χ0) is 19.2. The monoisotopic (exact) mass is 369 g/mol. The molecular formula is C22H31N3O2. The van der Waals surface area contributed by atoms with Crippen molar-refractivity contribution < 1.29 is 4.79 Å². The Morgan fingerprint density at radius 2 is 2.15 bits per heavy atom. The van der Waals surface area contributed by atoms with E-state index in [9.17, 15) is 9.59 Å². The molecule has 0 bridgehead atoms. The van der Waals surface area contributed by atoms with E-state index in [-0.39, 0.29) is 11.5 Å². The summed E-state index contributed by atoms with van der Waals surface area (Å²) in [5, 5.41) is 4.00. The maximum absolute atomic E-state index is 12.2. The summed E-state index contributed by atoms with van der Waals surface area (Å²) in [6, 6.07) is 8.57. The second kappa shape index (κ2) is 9.18. The lowest BCUT2D eigenvalue weighted by Gasteiger charge is -2.33. The summed E-state index contributed by atoms with van der Waals surface area (Å²) in [6.07, 6.45) is 5.70. The summed E-state index contributed by atoms with van der Waals surface area (Å²) in [4.78, 5) is 29.8. The van der Waals surface area contributed by atoms with Crippen molar-refractivity contribution >= 4 is 16.8 Å². The number of likely N-dealkylation sites (tertiary alicyclic amines) is 1. The smallest absolute Gasteiger partial charge is 0.251 e. The number of carbonyl (C=O) groups is 1. The molecule has 0 saturated carbocycles. The van der Waals surface area contributed by atoms with Crippen LogP contribution in [-0.4, -0.2) is 41.5 Å². The van der Waals surface area contributed by atoms with Gasteiger partial charge in [-0.25, -0.2) is 0 Å². The van der Waals surface area contributed by atoms with Crippen LogP contribution in [0.25, 0.3) is 10.9 Å². The van der Waals surface area contributed by atoms with Crippen molar-refractivity contribution in [2.45, 2.75) is 58.4 Å². The van der Waals surface area contributed by atoms with Gasteiger partial charge in [-0.15, -0.1) is 0 Å². The number of benzene rings is 1. The van der Waals surface area contributed by atoms with Crippen molar-refractivity contribution in [2.24, 2.45) is 0 Å². The van der Waals surface area contributed by atoms with Gasteiger partial charge in [-0.05, 0) is 69.2 Å². The number of rotatable bonds is 7. The molecule has 1 unspecified atom stereocenters. The van der Waals surface area contributed by atoms with Gasteiger partial charge >= 0.3 is 0 Å². The van der Waals surface area contributed by atoms with E-state index in [0.717, 1.165) is 29.4 Å². The first-order valence-electron chi connectivity index (χ1n) is 10.2. The van der Waals surface area contributed by atoms with Crippen molar-refractivity contribution in [3.63, 3.8) is 0 Å². The average molecular weight is 370 g/mol. The molecule has 1 aromatic carbocycles. The molecule has 2 aromatic rings. The summed E-state index contributed by atoms with van der Waals surface area (Å²) < 4.78 is 0. The maximum Gasteiger partial charge on any atom is 0.251 e. The molecular weight excluding hydrogens is 338 g/mol. The Hall–Kier alpha value is -2.14. The molecule has 1 aromatic heterocycles. The minimum absolute atomic E-state index is 0.0186. The van der Waals surface area contributed by atoms with Gasteiger partial charge in [-0.3, -0.25) is 9.59 Å². The van der Waals surface area contributed by atoms with Crippen LogP contribution in [0.5, 0.6) is 0 Å². The number of nitrogens with zero attached hydrogens (tertiary/aromatic N) is 1. The second-order valence-corrected chi connectivity index (χ2v) is 7.80. The van der Waals surface area contributed by atoms with Crippen LogP contribution in [0.4, 0.5) is 0 Å². The van der Waals surface area contributed by atoms with Crippen LogP contribution >= 0.6 is 0 Å². The minimum atomic E-state index is -0.0972. The lowest BCUT2D eigenvalue weighted by Crippen LogP contribution is -2.39. The summed E-state index contributed by atoms with van der Waals surface area (Å²) in [5.41, 5.74) is 2.54. The topological polar surface area (TPSA) is 65.2 Å². The van der Waals surface area contributed by atoms with E-state index < -0.39 is 0 Å². The first-order valence-corrected chi connectivity index (χ1v) is 10.2. The lowest BCUT2D eigenvalue weighted by molar-refractivity contribution is -0.121. The molecule has 1 fully saturated rings. The molecule has 0 spiro atoms. The van der Waals surface area contributed by atoms with E-state index in [1.807, 2.05) is 31.2 Å². The normalized spacial score (nSPS) is 17.9. The van der Waals surface area contributed by atoms with E-state index in [2.05, 4.69) is 22.1 Å². The van der Waals surface area contributed by atoms with Crippen LogP contribution in [0.3, 0.4) is 0 Å². The summed E-state index contributed by atoms with van der Waals surface area (Å²) in [7, 11) is 0. The number of pyridine rings is 1. The largest absolute Gasteiger partial charge is 0.356 e. The number of aromatic nitrogens is 1. The fourth-order valence-corrected chi connectivity index (χ4v) is 3.88. The average Bonchev–Trinajstić information content (AvgIpc) is 2.65. The van der Waals surface area contributed by atoms with Crippen molar-refractivity contribution in [2.75, 3.05) is 19.6 Å². The van der Waals surface area contributed by atoms with Gasteiger partial charge in [-0.2, -0.15) is 0 Å². The molecule has 5 nitrogen and oxygen atoms in total. The van der Waals surface area contributed by atoms with Gasteiger partial charge in [0.15, 0.2) is 0 Å². The molecule has 3 rings (SSSR count). The van der Waals surface area contributed by atoms with E-state index in [1.165, 1.54) is 25.8 Å². The highest BCUT2D eigenvalue weighted by Gasteiger charge is 2.17. The molecule has 1 aliphatic heterocycles. The van der Waals surface area contributed by atoms with Gasteiger partial charge < -0.3 is 15.2 Å². The maximum atomic E-state index is 12.2. The van der Waals surface area contributed by atoms with Gasteiger partial charge in [0.05, 0.1) is 0 Å². The molecule has 1 atom stereocenters. The molecule has 1 amide bonds. The Kier molecular flexibility index (Phi) is 6.67. The van der Waals surface area contributed by atoms with Crippen molar-refractivity contribution in [3.05, 3.63) is 45.7 Å². The standard InChI is InChI=1S/C22H31N3O2/c1-16-7-8-18-15-19(22(27)24-20(18)14-16)9-10-21(26)23-11-5-13-25-12-4-3-6-17(25)2/h7-8,14-15,17H,3-6,9-13H2,1-2H3,(H,23,26)(H,24,27). The number of aryl methyl sites for hydroxylation is 2. The third-order valence-corrected chi connectivity index (χ3v) is 5.58. The lowest BCUT2D eigenvalue weighted by atomic mass is 10.0. The van der Waals surface area contributed by atoms with Crippen molar-refractivity contribution in [3.8, 4) is 0 Å². The van der Waals surface area contributed by atoms with Gasteiger partial charge in [0.1, 0.15) is 0 Å². The van der Waals surface area contributed by atoms with Gasteiger partial charge in [0.2, 0.25) is 5.91 Å². The molecule has 2 heterocycles. The molecule has 0 aliphatic carbocycles. The molecule has 1 saturated heterocycles. The van der Waals surface area contributed by atoms with Crippen LogP contribution < -0.4 is 10.9 Å². The Morgan fingerprint density at radius 1 is 1.30 bits per heavy atom. The zero-order valence-corrected chi connectivity index (χ0v) is 16.5. The number of nitrogens with one attached hydrogen (secondary N) is 2. The van der Waals surface area contributed by atoms with Crippen molar-refractivity contribution in [1.29, 1.82) is 0 Å². The molecule has 0 radical (unpaired) electrons. The van der Waals surface area contributed by atoms with Crippen LogP contribution in [0.1, 0.15) is 50.2 Å².